The van der Waals surface area contributed by atoms with E-state index in [4.69, 9.17) is 4.74 Å². The van der Waals surface area contributed by atoms with Crippen molar-refractivity contribution in [1.82, 2.24) is 5.32 Å². The lowest BCUT2D eigenvalue weighted by Crippen LogP contribution is -2.48. The molecule has 3 rings (SSSR count). The summed E-state index contributed by atoms with van der Waals surface area (Å²) in [5, 5.41) is 4.95. The molecule has 3 aromatic carbocycles. The Morgan fingerprint density at radius 2 is 1.66 bits per heavy atom. The monoisotopic (exact) mass is 412 g/mol. The molecule has 7 heteroatoms. The highest BCUT2D eigenvalue weighted by atomic mass is 32.2. The molecule has 0 aliphatic rings. The number of carbonyl (C=O) groups excluding carboxylic acids is 1. The number of sulfonamides is 1. The minimum Gasteiger partial charge on any atom is -0.492 e. The summed E-state index contributed by atoms with van der Waals surface area (Å²) in [5.41, 5.74) is 0.449. The summed E-state index contributed by atoms with van der Waals surface area (Å²) in [4.78, 5) is 12.5. The summed E-state index contributed by atoms with van der Waals surface area (Å²) in [6.07, 6.45) is 1.09. The number of nitrogens with one attached hydrogen (secondary N) is 1. The van der Waals surface area contributed by atoms with Crippen molar-refractivity contribution in [2.75, 3.05) is 23.7 Å². The van der Waals surface area contributed by atoms with Crippen LogP contribution in [0.2, 0.25) is 0 Å². The van der Waals surface area contributed by atoms with E-state index >= 15 is 0 Å². The quantitative estimate of drug-likeness (QED) is 0.577. The number of benzene rings is 3. The average Bonchev–Trinajstić information content (AvgIpc) is 2.70. The van der Waals surface area contributed by atoms with E-state index in [0.29, 0.717) is 11.4 Å². The Balaban J connectivity index is 1.57. The lowest BCUT2D eigenvalue weighted by molar-refractivity contribution is -0.121. The molecule has 0 heterocycles. The highest BCUT2D eigenvalue weighted by molar-refractivity contribution is 7.92. The molecule has 0 saturated carbocycles. The highest BCUT2D eigenvalue weighted by Gasteiger charge is 2.28. The number of hydrogen-bond donors (Lipinski definition) is 1. The predicted octanol–water partition coefficient (Wildman–Crippen LogP) is 3.19. The lowest BCUT2D eigenvalue weighted by atomic mass is 10.1. The Morgan fingerprint density at radius 1 is 1.00 bits per heavy atom. The van der Waals surface area contributed by atoms with Gasteiger partial charge in [-0.05, 0) is 42.0 Å². The molecular weight excluding hydrogens is 388 g/mol. The number of carbonyl (C=O) groups is 1. The summed E-state index contributed by atoms with van der Waals surface area (Å²) in [5.74, 6) is 0.328. The summed E-state index contributed by atoms with van der Waals surface area (Å²) in [6.45, 7) is 2.11. The molecule has 3 aromatic rings. The summed E-state index contributed by atoms with van der Waals surface area (Å²) >= 11 is 0. The Kier molecular flexibility index (Phi) is 6.39. The topological polar surface area (TPSA) is 75.7 Å². The number of rotatable bonds is 8. The number of anilines is 1. The maximum atomic E-state index is 12.5. The van der Waals surface area contributed by atoms with Gasteiger partial charge in [-0.25, -0.2) is 8.42 Å². The van der Waals surface area contributed by atoms with E-state index in [9.17, 15) is 13.2 Å². The van der Waals surface area contributed by atoms with Crippen LogP contribution >= 0.6 is 0 Å². The first-order chi connectivity index (χ1) is 13.9. The molecular formula is C22H24N2O4S. The first kappa shape index (κ1) is 20.7. The minimum absolute atomic E-state index is 0.266. The normalized spacial score (nSPS) is 12.3. The van der Waals surface area contributed by atoms with Crippen LogP contribution in [0.3, 0.4) is 0 Å². The predicted molar refractivity (Wildman–Crippen MR) is 116 cm³/mol. The van der Waals surface area contributed by atoms with E-state index in [1.807, 2.05) is 42.5 Å². The van der Waals surface area contributed by atoms with Crippen molar-refractivity contribution in [2.24, 2.45) is 0 Å². The van der Waals surface area contributed by atoms with Gasteiger partial charge in [0.15, 0.2) is 0 Å². The van der Waals surface area contributed by atoms with Crippen molar-refractivity contribution >= 4 is 32.4 Å². The Morgan fingerprint density at radius 3 is 2.34 bits per heavy atom. The van der Waals surface area contributed by atoms with Crippen LogP contribution in [0.1, 0.15) is 6.92 Å². The van der Waals surface area contributed by atoms with Gasteiger partial charge < -0.3 is 10.1 Å². The smallest absolute Gasteiger partial charge is 0.243 e. The largest absolute Gasteiger partial charge is 0.492 e. The maximum Gasteiger partial charge on any atom is 0.243 e. The van der Waals surface area contributed by atoms with Crippen LogP contribution in [-0.4, -0.2) is 39.8 Å². The van der Waals surface area contributed by atoms with E-state index in [-0.39, 0.29) is 19.1 Å². The molecule has 152 valence electrons. The third kappa shape index (κ3) is 5.26. The number of fused-ring (bicyclic) bond motifs is 1. The van der Waals surface area contributed by atoms with Gasteiger partial charge in [-0.1, -0.05) is 48.5 Å². The molecule has 0 radical (unpaired) electrons. The van der Waals surface area contributed by atoms with Crippen molar-refractivity contribution in [2.45, 2.75) is 13.0 Å². The van der Waals surface area contributed by atoms with E-state index in [1.54, 1.807) is 37.3 Å². The maximum absolute atomic E-state index is 12.5. The molecule has 0 aromatic heterocycles. The van der Waals surface area contributed by atoms with Crippen LogP contribution in [-0.2, 0) is 14.8 Å². The van der Waals surface area contributed by atoms with Crippen molar-refractivity contribution in [3.8, 4) is 5.75 Å². The first-order valence-corrected chi connectivity index (χ1v) is 11.1. The summed E-state index contributed by atoms with van der Waals surface area (Å²) in [6, 6.07) is 21.5. The fraction of sp³-hybridized carbons (Fsp3) is 0.227. The van der Waals surface area contributed by atoms with Gasteiger partial charge in [0.1, 0.15) is 18.4 Å². The molecule has 0 bridgehead atoms. The van der Waals surface area contributed by atoms with Gasteiger partial charge >= 0.3 is 0 Å². The number of para-hydroxylation sites is 1. The van der Waals surface area contributed by atoms with Gasteiger partial charge in [0.05, 0.1) is 18.5 Å². The van der Waals surface area contributed by atoms with Gasteiger partial charge in [0, 0.05) is 0 Å². The molecule has 1 N–H and O–H groups in total. The van der Waals surface area contributed by atoms with E-state index in [2.05, 4.69) is 5.32 Å². The van der Waals surface area contributed by atoms with Crippen LogP contribution in [0.25, 0.3) is 10.8 Å². The van der Waals surface area contributed by atoms with Gasteiger partial charge in [0.2, 0.25) is 15.9 Å². The zero-order valence-corrected chi connectivity index (χ0v) is 17.2. The Bertz CT molecular complexity index is 1080. The molecule has 0 aliphatic heterocycles. The van der Waals surface area contributed by atoms with Gasteiger partial charge in [-0.2, -0.15) is 0 Å². The second-order valence-electron chi connectivity index (χ2n) is 6.72. The number of nitrogens with zero attached hydrogens (tertiary/aromatic N) is 1. The first-order valence-electron chi connectivity index (χ1n) is 9.30. The van der Waals surface area contributed by atoms with Crippen LogP contribution in [0.5, 0.6) is 5.75 Å². The molecule has 6 nitrogen and oxygen atoms in total. The van der Waals surface area contributed by atoms with Crippen LogP contribution in [0.15, 0.2) is 72.8 Å². The van der Waals surface area contributed by atoms with E-state index in [0.717, 1.165) is 21.3 Å². The lowest BCUT2D eigenvalue weighted by Gasteiger charge is -2.28. The van der Waals surface area contributed by atoms with E-state index in [1.165, 1.54) is 0 Å². The third-order valence-electron chi connectivity index (χ3n) is 4.49. The molecule has 0 saturated heterocycles. The standard InChI is InChI=1S/C22H24N2O4S/c1-17(24(29(2,26)27)20-10-4-3-5-11-20)22(25)23-14-15-28-21-13-12-18-8-6-7-9-19(18)16-21/h3-13,16-17H,14-15H2,1-2H3,(H,23,25)/t17-/m1/s1. The molecule has 0 fully saturated rings. The van der Waals surface area contributed by atoms with Crippen LogP contribution in [0, 0.1) is 0 Å². The fourth-order valence-electron chi connectivity index (χ4n) is 3.13. The minimum atomic E-state index is -3.62. The molecule has 29 heavy (non-hydrogen) atoms. The molecule has 0 unspecified atom stereocenters. The Labute approximate surface area is 171 Å². The third-order valence-corrected chi connectivity index (χ3v) is 5.73. The number of ether oxygens (including phenoxy) is 1. The number of amides is 1. The fourth-order valence-corrected chi connectivity index (χ4v) is 4.31. The average molecular weight is 413 g/mol. The van der Waals surface area contributed by atoms with Gasteiger partial charge in [-0.15, -0.1) is 0 Å². The highest BCUT2D eigenvalue weighted by Crippen LogP contribution is 2.21. The summed E-state index contributed by atoms with van der Waals surface area (Å²) < 4.78 is 31.3. The van der Waals surface area contributed by atoms with Gasteiger partial charge in [-0.3, -0.25) is 9.10 Å². The second-order valence-corrected chi connectivity index (χ2v) is 8.58. The summed E-state index contributed by atoms with van der Waals surface area (Å²) in [7, 11) is -3.62. The Hall–Kier alpha value is -3.06. The van der Waals surface area contributed by atoms with Crippen molar-refractivity contribution in [1.29, 1.82) is 0 Å². The molecule has 1 amide bonds. The van der Waals surface area contributed by atoms with Crippen LogP contribution < -0.4 is 14.4 Å². The zero-order valence-electron chi connectivity index (χ0n) is 16.4. The molecule has 1 atom stereocenters. The van der Waals surface area contributed by atoms with Crippen molar-refractivity contribution in [3.05, 3.63) is 72.8 Å². The SMILES string of the molecule is C[C@H](C(=O)NCCOc1ccc2ccccc2c1)N(c1ccccc1)S(C)(=O)=O. The van der Waals surface area contributed by atoms with Crippen molar-refractivity contribution < 1.29 is 17.9 Å². The molecule has 0 spiro atoms. The second kappa shape index (κ2) is 8.96. The zero-order chi connectivity index (χ0) is 20.9. The van der Waals surface area contributed by atoms with Gasteiger partial charge in [0.25, 0.3) is 0 Å². The van der Waals surface area contributed by atoms with Crippen LogP contribution in [0.4, 0.5) is 5.69 Å². The van der Waals surface area contributed by atoms with Crippen molar-refractivity contribution in [3.63, 3.8) is 0 Å². The molecule has 0 aliphatic carbocycles. The van der Waals surface area contributed by atoms with E-state index < -0.39 is 16.1 Å². The number of hydrogen-bond acceptors (Lipinski definition) is 4.